The lowest BCUT2D eigenvalue weighted by Crippen LogP contribution is -2.25. The maximum absolute atomic E-state index is 6.19. The molecule has 3 heteroatoms. The fourth-order valence-corrected chi connectivity index (χ4v) is 3.05. The van der Waals surface area contributed by atoms with Gasteiger partial charge >= 0.3 is 0 Å². The summed E-state index contributed by atoms with van der Waals surface area (Å²) in [7, 11) is 0. The summed E-state index contributed by atoms with van der Waals surface area (Å²) in [5, 5.41) is 3.34. The largest absolute Gasteiger partial charge is 0.247 e. The topological polar surface area (TPSA) is 12.9 Å². The molecule has 1 unspecified atom stereocenters. The fourth-order valence-electron chi connectivity index (χ4n) is 2.02. The highest BCUT2D eigenvalue weighted by atomic mass is 35.5. The van der Waals surface area contributed by atoms with Crippen molar-refractivity contribution in [1.29, 1.82) is 0 Å². The number of aryl methyl sites for hydroxylation is 1. The molecule has 0 saturated heterocycles. The van der Waals surface area contributed by atoms with Crippen LogP contribution in [0, 0.1) is 12.3 Å². The zero-order valence-electron chi connectivity index (χ0n) is 10.6. The van der Waals surface area contributed by atoms with Crippen LogP contribution in [0.4, 0.5) is 0 Å². The Balaban J connectivity index is 2.69. The molecular formula is C13H22ClNS. The lowest BCUT2D eigenvalue weighted by molar-refractivity contribution is 0.277. The van der Waals surface area contributed by atoms with E-state index in [1.165, 1.54) is 25.0 Å². The van der Waals surface area contributed by atoms with Gasteiger partial charge in [-0.1, -0.05) is 26.7 Å². The smallest absolute Gasteiger partial charge is 0.0897 e. The molecule has 0 aliphatic rings. The van der Waals surface area contributed by atoms with Crippen LogP contribution in [0.3, 0.4) is 0 Å². The molecule has 92 valence electrons. The number of rotatable bonds is 7. The van der Waals surface area contributed by atoms with Crippen molar-refractivity contribution in [3.05, 3.63) is 16.1 Å². The first-order valence-electron chi connectivity index (χ1n) is 6.12. The van der Waals surface area contributed by atoms with Gasteiger partial charge in [-0.25, -0.2) is 4.98 Å². The van der Waals surface area contributed by atoms with Crippen LogP contribution in [0.2, 0.25) is 0 Å². The van der Waals surface area contributed by atoms with Gasteiger partial charge in [-0.2, -0.15) is 0 Å². The number of hydrogen-bond acceptors (Lipinski definition) is 2. The van der Waals surface area contributed by atoms with Gasteiger partial charge < -0.3 is 0 Å². The standard InChI is InChI=1S/C13H22ClNS/c1-4-6-7-13(5-2,10-14)8-12-9-16-11(3)15-12/h9H,4-8,10H2,1-3H3. The zero-order valence-corrected chi connectivity index (χ0v) is 12.1. The molecule has 0 spiro atoms. The molecule has 0 N–H and O–H groups in total. The Kier molecular flexibility index (Phi) is 5.77. The van der Waals surface area contributed by atoms with Crippen LogP contribution in [0.15, 0.2) is 5.38 Å². The second-order valence-electron chi connectivity index (χ2n) is 4.63. The maximum atomic E-state index is 6.19. The number of halogens is 1. The SMILES string of the molecule is CCCCC(CC)(CCl)Cc1csc(C)n1. The van der Waals surface area contributed by atoms with Crippen molar-refractivity contribution in [3.8, 4) is 0 Å². The van der Waals surface area contributed by atoms with Crippen molar-refractivity contribution in [3.63, 3.8) is 0 Å². The molecule has 0 amide bonds. The number of thiazole rings is 1. The molecule has 0 aliphatic heterocycles. The van der Waals surface area contributed by atoms with Crippen LogP contribution in [-0.4, -0.2) is 10.9 Å². The van der Waals surface area contributed by atoms with Gasteiger partial charge in [0.2, 0.25) is 0 Å². The Morgan fingerprint density at radius 3 is 2.62 bits per heavy atom. The Bertz CT molecular complexity index is 305. The normalized spacial score (nSPS) is 15.0. The summed E-state index contributed by atoms with van der Waals surface area (Å²) in [5.41, 5.74) is 1.49. The molecule has 0 aliphatic carbocycles. The van der Waals surface area contributed by atoms with E-state index in [1.807, 2.05) is 0 Å². The van der Waals surface area contributed by atoms with Crippen LogP contribution >= 0.6 is 22.9 Å². The van der Waals surface area contributed by atoms with E-state index >= 15 is 0 Å². The van der Waals surface area contributed by atoms with Crippen molar-refractivity contribution in [1.82, 2.24) is 4.98 Å². The van der Waals surface area contributed by atoms with Crippen LogP contribution in [-0.2, 0) is 6.42 Å². The fraction of sp³-hybridized carbons (Fsp3) is 0.769. The highest BCUT2D eigenvalue weighted by Crippen LogP contribution is 2.34. The third-order valence-corrected chi connectivity index (χ3v) is 4.71. The van der Waals surface area contributed by atoms with Gasteiger partial charge in [0.15, 0.2) is 0 Å². The van der Waals surface area contributed by atoms with Gasteiger partial charge in [0.05, 0.1) is 10.7 Å². The second-order valence-corrected chi connectivity index (χ2v) is 5.95. The van der Waals surface area contributed by atoms with Crippen LogP contribution in [0.5, 0.6) is 0 Å². The number of aromatic nitrogens is 1. The summed E-state index contributed by atoms with van der Waals surface area (Å²) in [6, 6.07) is 0. The molecular weight excluding hydrogens is 238 g/mol. The zero-order chi connectivity index (χ0) is 12.0. The molecule has 0 radical (unpaired) electrons. The molecule has 0 fully saturated rings. The maximum Gasteiger partial charge on any atom is 0.0897 e. The number of nitrogens with zero attached hydrogens (tertiary/aromatic N) is 1. The molecule has 1 atom stereocenters. The van der Waals surface area contributed by atoms with E-state index in [4.69, 9.17) is 11.6 Å². The molecule has 1 heterocycles. The molecule has 1 aromatic rings. The average Bonchev–Trinajstić information content (AvgIpc) is 2.70. The predicted molar refractivity (Wildman–Crippen MR) is 73.5 cm³/mol. The Morgan fingerprint density at radius 2 is 2.19 bits per heavy atom. The Morgan fingerprint density at radius 1 is 1.44 bits per heavy atom. The average molecular weight is 260 g/mol. The Labute approximate surface area is 108 Å². The lowest BCUT2D eigenvalue weighted by Gasteiger charge is -2.30. The van der Waals surface area contributed by atoms with Crippen LogP contribution < -0.4 is 0 Å². The summed E-state index contributed by atoms with van der Waals surface area (Å²) < 4.78 is 0. The second kappa shape index (κ2) is 6.61. The molecule has 16 heavy (non-hydrogen) atoms. The van der Waals surface area contributed by atoms with Gasteiger partial charge in [0.25, 0.3) is 0 Å². The molecule has 1 rings (SSSR count). The van der Waals surface area contributed by atoms with Gasteiger partial charge in [-0.15, -0.1) is 22.9 Å². The summed E-state index contributed by atoms with van der Waals surface area (Å²) in [5.74, 6) is 0.750. The number of alkyl halides is 1. The highest BCUT2D eigenvalue weighted by molar-refractivity contribution is 7.09. The molecule has 0 bridgehead atoms. The molecule has 1 aromatic heterocycles. The van der Waals surface area contributed by atoms with E-state index in [0.717, 1.165) is 23.7 Å². The quantitative estimate of drug-likeness (QED) is 0.640. The van der Waals surface area contributed by atoms with Gasteiger partial charge in [-0.05, 0) is 31.6 Å². The first kappa shape index (κ1) is 14.0. The van der Waals surface area contributed by atoms with E-state index in [1.54, 1.807) is 11.3 Å². The van der Waals surface area contributed by atoms with Crippen molar-refractivity contribution in [2.45, 2.75) is 52.9 Å². The minimum atomic E-state index is 0.262. The number of unbranched alkanes of at least 4 members (excludes halogenated alkanes) is 1. The van der Waals surface area contributed by atoms with Crippen molar-refractivity contribution in [2.75, 3.05) is 5.88 Å². The minimum absolute atomic E-state index is 0.262. The van der Waals surface area contributed by atoms with Crippen molar-refractivity contribution >= 4 is 22.9 Å². The highest BCUT2D eigenvalue weighted by Gasteiger charge is 2.27. The van der Waals surface area contributed by atoms with E-state index in [-0.39, 0.29) is 5.41 Å². The Hall–Kier alpha value is -0.0800. The predicted octanol–water partition coefficient (Wildman–Crippen LogP) is 4.82. The first-order valence-corrected chi connectivity index (χ1v) is 7.54. The van der Waals surface area contributed by atoms with Crippen molar-refractivity contribution in [2.24, 2.45) is 5.41 Å². The lowest BCUT2D eigenvalue weighted by atomic mass is 9.78. The van der Waals surface area contributed by atoms with Gasteiger partial charge in [0.1, 0.15) is 0 Å². The summed E-state index contributed by atoms with van der Waals surface area (Å²) >= 11 is 7.93. The summed E-state index contributed by atoms with van der Waals surface area (Å²) in [6.45, 7) is 6.55. The van der Waals surface area contributed by atoms with Crippen LogP contribution in [0.25, 0.3) is 0 Å². The summed E-state index contributed by atoms with van der Waals surface area (Å²) in [4.78, 5) is 4.56. The third-order valence-electron chi connectivity index (χ3n) is 3.32. The first-order chi connectivity index (χ1) is 7.65. The van der Waals surface area contributed by atoms with Gasteiger partial charge in [0, 0.05) is 11.3 Å². The molecule has 1 nitrogen and oxygen atoms in total. The van der Waals surface area contributed by atoms with E-state index in [2.05, 4.69) is 31.1 Å². The van der Waals surface area contributed by atoms with Gasteiger partial charge in [-0.3, -0.25) is 0 Å². The van der Waals surface area contributed by atoms with Crippen LogP contribution in [0.1, 0.15) is 50.2 Å². The molecule has 0 saturated carbocycles. The monoisotopic (exact) mass is 259 g/mol. The summed E-state index contributed by atoms with van der Waals surface area (Å²) in [6.07, 6.45) is 5.92. The van der Waals surface area contributed by atoms with E-state index in [0.29, 0.717) is 0 Å². The van der Waals surface area contributed by atoms with E-state index in [9.17, 15) is 0 Å². The molecule has 0 aromatic carbocycles. The number of hydrogen-bond donors (Lipinski definition) is 0. The van der Waals surface area contributed by atoms with E-state index < -0.39 is 0 Å². The minimum Gasteiger partial charge on any atom is -0.247 e. The van der Waals surface area contributed by atoms with Crippen molar-refractivity contribution < 1.29 is 0 Å². The third kappa shape index (κ3) is 3.74.